The molecule has 43 heavy (non-hydrogen) atoms. The molecule has 224 valence electrons. The Kier molecular flexibility index (Phi) is 7.27. The summed E-state index contributed by atoms with van der Waals surface area (Å²) < 4.78 is 11.7. The molecule has 8 heteroatoms. The summed E-state index contributed by atoms with van der Waals surface area (Å²) in [6, 6.07) is 23.0. The van der Waals surface area contributed by atoms with Crippen molar-refractivity contribution < 1.29 is 19.2 Å². The van der Waals surface area contributed by atoms with Gasteiger partial charge in [0, 0.05) is 22.7 Å². The molecule has 3 atom stereocenters. The molecule has 2 aliphatic carbocycles. The van der Waals surface area contributed by atoms with E-state index in [1.54, 1.807) is 20.0 Å². The number of pyridine rings is 1. The molecule has 2 saturated carbocycles. The number of hydrogen-bond acceptors (Lipinski definition) is 6. The highest BCUT2D eigenvalue weighted by Crippen LogP contribution is 2.60. The van der Waals surface area contributed by atoms with Gasteiger partial charge in [0.05, 0.1) is 5.69 Å². The third-order valence-electron chi connectivity index (χ3n) is 9.36. The Balaban J connectivity index is 1.26. The molecule has 2 aromatic heterocycles. The zero-order chi connectivity index (χ0) is 30.4. The Hall–Kier alpha value is -4.20. The fraction of sp³-hybridized carbons (Fsp3) is 0.429. The van der Waals surface area contributed by atoms with Gasteiger partial charge in [0.2, 0.25) is 5.82 Å². The third-order valence-corrected chi connectivity index (χ3v) is 9.36. The summed E-state index contributed by atoms with van der Waals surface area (Å²) in [5, 5.41) is 14.2. The van der Waals surface area contributed by atoms with Crippen molar-refractivity contribution in [2.45, 2.75) is 83.4 Å². The van der Waals surface area contributed by atoms with Gasteiger partial charge in [-0.3, -0.25) is 9.88 Å². The van der Waals surface area contributed by atoms with Crippen LogP contribution in [0.3, 0.4) is 0 Å². The Bertz CT molecular complexity index is 1570. The average Bonchev–Trinajstić information content (AvgIpc) is 3.74. The van der Waals surface area contributed by atoms with Crippen LogP contribution in [0.1, 0.15) is 83.0 Å². The summed E-state index contributed by atoms with van der Waals surface area (Å²) in [5.74, 6) is 2.89. The topological polar surface area (TPSA) is 102 Å². The minimum atomic E-state index is -1.04. The number of nitrogens with zero attached hydrogens (tertiary/aromatic N) is 4. The molecule has 1 N–H and O–H groups in total. The first-order valence-corrected chi connectivity index (χ1v) is 15.1. The first-order valence-electron chi connectivity index (χ1n) is 15.1. The van der Waals surface area contributed by atoms with Gasteiger partial charge < -0.3 is 14.4 Å². The highest BCUT2D eigenvalue weighted by molar-refractivity contribution is 5.67. The summed E-state index contributed by atoms with van der Waals surface area (Å²) in [7, 11) is 0. The molecule has 6 rings (SSSR count). The van der Waals surface area contributed by atoms with Gasteiger partial charge in [-0.15, -0.1) is 0 Å². The second kappa shape index (κ2) is 10.8. The van der Waals surface area contributed by atoms with Gasteiger partial charge in [-0.2, -0.15) is 4.98 Å². The van der Waals surface area contributed by atoms with Crippen LogP contribution < -0.4 is 4.74 Å². The van der Waals surface area contributed by atoms with E-state index < -0.39 is 17.2 Å². The predicted octanol–water partition coefficient (Wildman–Crippen LogP) is 7.83. The summed E-state index contributed by atoms with van der Waals surface area (Å²) in [4.78, 5) is 22.5. The number of amides is 1. The van der Waals surface area contributed by atoms with Crippen molar-refractivity contribution in [2.75, 3.05) is 0 Å². The lowest BCUT2D eigenvalue weighted by atomic mass is 9.64. The molecule has 0 radical (unpaired) electrons. The lowest BCUT2D eigenvalue weighted by molar-refractivity contribution is 0.0152. The predicted molar refractivity (Wildman–Crippen MR) is 164 cm³/mol. The van der Waals surface area contributed by atoms with E-state index in [1.807, 2.05) is 39.0 Å². The monoisotopic (exact) mass is 580 g/mol. The van der Waals surface area contributed by atoms with E-state index in [-0.39, 0.29) is 11.3 Å². The van der Waals surface area contributed by atoms with Crippen LogP contribution in [0.2, 0.25) is 0 Å². The van der Waals surface area contributed by atoms with Crippen LogP contribution in [-0.4, -0.2) is 36.8 Å². The van der Waals surface area contributed by atoms with E-state index in [0.717, 1.165) is 29.3 Å². The van der Waals surface area contributed by atoms with Crippen molar-refractivity contribution in [1.29, 1.82) is 0 Å². The molecule has 0 aliphatic heterocycles. The van der Waals surface area contributed by atoms with Crippen molar-refractivity contribution in [2.24, 2.45) is 11.8 Å². The van der Waals surface area contributed by atoms with Gasteiger partial charge in [0.25, 0.3) is 5.89 Å². The number of carbonyl (C=O) groups is 1. The largest absolute Gasteiger partial charge is 0.487 e. The van der Waals surface area contributed by atoms with Gasteiger partial charge in [-0.1, -0.05) is 54.0 Å². The van der Waals surface area contributed by atoms with Crippen LogP contribution >= 0.6 is 0 Å². The van der Waals surface area contributed by atoms with Crippen LogP contribution in [0.4, 0.5) is 4.79 Å². The Labute approximate surface area is 253 Å². The molecule has 3 unspecified atom stereocenters. The lowest BCUT2D eigenvalue weighted by Gasteiger charge is -2.42. The van der Waals surface area contributed by atoms with Gasteiger partial charge in [0.1, 0.15) is 17.9 Å². The van der Waals surface area contributed by atoms with E-state index in [4.69, 9.17) is 9.26 Å². The minimum absolute atomic E-state index is 0.0416. The SMILES string of the molecule is CC(C)(C)N(C(=O)O)C(C)(C)c1nc(-c2ccc(C3(c4ccc(OCc5ccccn5)cc4)CC4CCC3C4)cc2)no1. The summed E-state index contributed by atoms with van der Waals surface area (Å²) in [6.45, 7) is 9.59. The normalized spacial score (nSPS) is 21.6. The van der Waals surface area contributed by atoms with Crippen molar-refractivity contribution in [3.8, 4) is 17.1 Å². The molecule has 4 aromatic rings. The van der Waals surface area contributed by atoms with Gasteiger partial charge >= 0.3 is 6.09 Å². The first-order chi connectivity index (χ1) is 20.5. The molecular formula is C35H40N4O4. The Morgan fingerprint density at radius 3 is 2.26 bits per heavy atom. The van der Waals surface area contributed by atoms with Crippen LogP contribution in [0.25, 0.3) is 11.4 Å². The fourth-order valence-corrected chi connectivity index (χ4v) is 7.66. The number of benzene rings is 2. The van der Waals surface area contributed by atoms with Gasteiger partial charge in [-0.05, 0) is 101 Å². The maximum atomic E-state index is 12.1. The molecule has 2 heterocycles. The Morgan fingerprint density at radius 2 is 1.70 bits per heavy atom. The quantitative estimate of drug-likeness (QED) is 0.227. The number of carboxylic acid groups (broad SMARTS) is 1. The van der Waals surface area contributed by atoms with Crippen molar-refractivity contribution >= 4 is 6.09 Å². The average molecular weight is 581 g/mol. The molecule has 0 saturated heterocycles. The van der Waals surface area contributed by atoms with Crippen molar-refractivity contribution in [3.05, 3.63) is 95.6 Å². The maximum Gasteiger partial charge on any atom is 0.408 e. The number of hydrogen-bond donors (Lipinski definition) is 1. The molecule has 2 aromatic carbocycles. The number of fused-ring (bicyclic) bond motifs is 2. The third kappa shape index (κ3) is 5.28. The van der Waals surface area contributed by atoms with E-state index in [0.29, 0.717) is 18.3 Å². The Morgan fingerprint density at radius 1 is 1.00 bits per heavy atom. The van der Waals surface area contributed by atoms with E-state index in [1.165, 1.54) is 35.3 Å². The summed E-state index contributed by atoms with van der Waals surface area (Å²) >= 11 is 0. The second-order valence-electron chi connectivity index (χ2n) is 13.5. The van der Waals surface area contributed by atoms with Crippen LogP contribution in [0.15, 0.2) is 77.4 Å². The molecule has 0 spiro atoms. The minimum Gasteiger partial charge on any atom is -0.487 e. The first kappa shape index (κ1) is 28.9. The molecule has 2 bridgehead atoms. The highest BCUT2D eigenvalue weighted by atomic mass is 16.5. The molecular weight excluding hydrogens is 540 g/mol. The zero-order valence-corrected chi connectivity index (χ0v) is 25.6. The second-order valence-corrected chi connectivity index (χ2v) is 13.5. The maximum absolute atomic E-state index is 12.1. The highest BCUT2D eigenvalue weighted by Gasteiger charge is 2.52. The molecule has 2 aliphatic rings. The van der Waals surface area contributed by atoms with Gasteiger partial charge in [-0.25, -0.2) is 4.79 Å². The van der Waals surface area contributed by atoms with Gasteiger partial charge in [0.15, 0.2) is 0 Å². The zero-order valence-electron chi connectivity index (χ0n) is 25.6. The van der Waals surface area contributed by atoms with Crippen molar-refractivity contribution in [1.82, 2.24) is 20.0 Å². The van der Waals surface area contributed by atoms with E-state index >= 15 is 0 Å². The standard InChI is InChI=1S/C35H40N4O4/c1-33(2,3)39(32(40)41)34(4,5)31-37-30(38-43-31)24-10-13-25(14-11-24)35(21-23-9-12-27(35)20-23)26-15-17-29(18-16-26)42-22-28-8-6-7-19-36-28/h6-8,10-11,13-19,23,27H,9,12,20-22H2,1-5H3,(H,40,41). The number of ether oxygens (including phenoxy) is 1. The molecule has 8 nitrogen and oxygen atoms in total. The van der Waals surface area contributed by atoms with Crippen molar-refractivity contribution in [3.63, 3.8) is 0 Å². The fourth-order valence-electron chi connectivity index (χ4n) is 7.66. The van der Waals surface area contributed by atoms with E-state index in [2.05, 4.69) is 63.7 Å². The number of aromatic nitrogens is 3. The molecule has 2 fully saturated rings. The number of rotatable bonds is 8. The van der Waals surface area contributed by atoms with Crippen LogP contribution in [0, 0.1) is 11.8 Å². The van der Waals surface area contributed by atoms with Crippen LogP contribution in [0.5, 0.6) is 5.75 Å². The van der Waals surface area contributed by atoms with E-state index in [9.17, 15) is 9.90 Å². The van der Waals surface area contributed by atoms with Crippen LogP contribution in [-0.2, 0) is 17.6 Å². The lowest BCUT2D eigenvalue weighted by Crippen LogP contribution is -2.55. The smallest absolute Gasteiger partial charge is 0.408 e. The summed E-state index contributed by atoms with van der Waals surface area (Å²) in [5.41, 5.74) is 2.68. The molecule has 1 amide bonds. The summed E-state index contributed by atoms with van der Waals surface area (Å²) in [6.07, 6.45) is 5.69.